The predicted octanol–water partition coefficient (Wildman–Crippen LogP) is 5.61. The zero-order valence-electron chi connectivity index (χ0n) is 15.2. The molecule has 0 spiro atoms. The highest BCUT2D eigenvalue weighted by atomic mass is 32.2. The van der Waals surface area contributed by atoms with Crippen LogP contribution in [0.3, 0.4) is 0 Å². The first-order chi connectivity index (χ1) is 13.2. The van der Waals surface area contributed by atoms with E-state index in [1.807, 2.05) is 30.3 Å². The van der Waals surface area contributed by atoms with E-state index in [4.69, 9.17) is 9.40 Å². The molecule has 7 heteroatoms. The van der Waals surface area contributed by atoms with Gasteiger partial charge in [0.15, 0.2) is 16.7 Å². The summed E-state index contributed by atoms with van der Waals surface area (Å²) in [7, 11) is 0. The second-order valence-corrected chi connectivity index (χ2v) is 8.39. The minimum atomic E-state index is 0.484. The molecular weight excluding hydrogens is 376 g/mol. The third kappa shape index (κ3) is 4.14. The van der Waals surface area contributed by atoms with Gasteiger partial charge < -0.3 is 4.42 Å². The highest BCUT2D eigenvalue weighted by Gasteiger charge is 2.17. The van der Waals surface area contributed by atoms with Crippen molar-refractivity contribution >= 4 is 23.1 Å². The van der Waals surface area contributed by atoms with Crippen molar-refractivity contribution in [3.05, 3.63) is 59.8 Å². The van der Waals surface area contributed by atoms with Gasteiger partial charge in [0, 0.05) is 23.2 Å². The second-order valence-electron chi connectivity index (χ2n) is 6.59. The molecule has 138 valence electrons. The van der Waals surface area contributed by atoms with E-state index in [-0.39, 0.29) is 0 Å². The smallest absolute Gasteiger partial charge is 0.200 e. The number of benzene rings is 1. The number of furan rings is 1. The topological polar surface area (TPSA) is 56.7 Å². The highest BCUT2D eigenvalue weighted by molar-refractivity contribution is 7.98. The molecule has 27 heavy (non-hydrogen) atoms. The van der Waals surface area contributed by atoms with Crippen molar-refractivity contribution < 1.29 is 4.42 Å². The van der Waals surface area contributed by atoms with Crippen LogP contribution in [0, 0.1) is 5.92 Å². The first-order valence-electron chi connectivity index (χ1n) is 8.80. The molecule has 0 unspecified atom stereocenters. The molecular formula is C20H20N4OS2. The Morgan fingerprint density at radius 1 is 1.11 bits per heavy atom. The molecule has 0 fully saturated rings. The summed E-state index contributed by atoms with van der Waals surface area (Å²) < 4.78 is 7.66. The summed E-state index contributed by atoms with van der Waals surface area (Å²) in [5.41, 5.74) is 2.21. The zero-order valence-corrected chi connectivity index (χ0v) is 16.8. The van der Waals surface area contributed by atoms with Gasteiger partial charge in [-0.1, -0.05) is 55.9 Å². The van der Waals surface area contributed by atoms with Crippen molar-refractivity contribution in [3.8, 4) is 22.2 Å². The van der Waals surface area contributed by atoms with E-state index in [1.54, 1.807) is 29.4 Å². The Kier molecular flexibility index (Phi) is 5.40. The van der Waals surface area contributed by atoms with Crippen molar-refractivity contribution in [1.82, 2.24) is 19.7 Å². The molecule has 0 saturated carbocycles. The summed E-state index contributed by atoms with van der Waals surface area (Å²) in [5, 5.41) is 12.8. The van der Waals surface area contributed by atoms with Gasteiger partial charge in [0.05, 0.1) is 12.0 Å². The summed E-state index contributed by atoms with van der Waals surface area (Å²) in [6.45, 7) is 5.22. The lowest BCUT2D eigenvalue weighted by Gasteiger charge is -2.11. The number of hydrogen-bond donors (Lipinski definition) is 0. The molecule has 0 radical (unpaired) electrons. The maximum Gasteiger partial charge on any atom is 0.200 e. The zero-order chi connectivity index (χ0) is 18.6. The summed E-state index contributed by atoms with van der Waals surface area (Å²) >= 11 is 3.33. The van der Waals surface area contributed by atoms with Crippen molar-refractivity contribution in [1.29, 1.82) is 0 Å². The van der Waals surface area contributed by atoms with E-state index in [2.05, 4.69) is 46.1 Å². The van der Waals surface area contributed by atoms with E-state index < -0.39 is 0 Å². The van der Waals surface area contributed by atoms with E-state index >= 15 is 0 Å². The van der Waals surface area contributed by atoms with Crippen molar-refractivity contribution in [2.75, 3.05) is 0 Å². The lowest BCUT2D eigenvalue weighted by atomic mass is 10.2. The van der Waals surface area contributed by atoms with E-state index in [9.17, 15) is 0 Å². The SMILES string of the molecule is CC(C)Cn1c(SCc2csc(-c3ccccc3)n2)nnc1-c1ccco1. The van der Waals surface area contributed by atoms with Crippen LogP contribution in [0.25, 0.3) is 22.2 Å². The Balaban J connectivity index is 1.52. The Morgan fingerprint density at radius 3 is 2.70 bits per heavy atom. The molecule has 1 aromatic carbocycles. The van der Waals surface area contributed by atoms with Crippen LogP contribution in [0.4, 0.5) is 0 Å². The van der Waals surface area contributed by atoms with Gasteiger partial charge in [-0.3, -0.25) is 4.57 Å². The molecule has 4 aromatic rings. The Hall–Kier alpha value is -2.38. The number of thioether (sulfide) groups is 1. The van der Waals surface area contributed by atoms with Gasteiger partial charge in [-0.15, -0.1) is 21.5 Å². The van der Waals surface area contributed by atoms with Gasteiger partial charge in [-0.25, -0.2) is 4.98 Å². The van der Waals surface area contributed by atoms with E-state index in [0.717, 1.165) is 45.3 Å². The molecule has 0 N–H and O–H groups in total. The second kappa shape index (κ2) is 8.10. The first-order valence-corrected chi connectivity index (χ1v) is 10.7. The van der Waals surface area contributed by atoms with Gasteiger partial charge in [-0.05, 0) is 18.1 Å². The summed E-state index contributed by atoms with van der Waals surface area (Å²) in [6.07, 6.45) is 1.66. The molecule has 0 aliphatic carbocycles. The number of thiazole rings is 1. The van der Waals surface area contributed by atoms with E-state index in [0.29, 0.717) is 5.92 Å². The fraction of sp³-hybridized carbons (Fsp3) is 0.250. The Bertz CT molecular complexity index is 990. The molecule has 0 saturated heterocycles. The van der Waals surface area contributed by atoms with Crippen LogP contribution in [0.5, 0.6) is 0 Å². The summed E-state index contributed by atoms with van der Waals surface area (Å²) in [5.74, 6) is 2.77. The number of nitrogens with zero attached hydrogens (tertiary/aromatic N) is 4. The van der Waals surface area contributed by atoms with Gasteiger partial charge in [-0.2, -0.15) is 0 Å². The molecule has 0 atom stereocenters. The van der Waals surface area contributed by atoms with Crippen LogP contribution < -0.4 is 0 Å². The van der Waals surface area contributed by atoms with Gasteiger partial charge >= 0.3 is 0 Å². The number of aromatic nitrogens is 4. The van der Waals surface area contributed by atoms with Gasteiger partial charge in [0.25, 0.3) is 0 Å². The van der Waals surface area contributed by atoms with Crippen LogP contribution in [-0.2, 0) is 12.3 Å². The standard InChI is InChI=1S/C20H20N4OS2/c1-14(2)11-24-18(17-9-6-10-25-17)22-23-20(24)27-13-16-12-26-19(21-16)15-7-4-3-5-8-15/h3-10,12,14H,11,13H2,1-2H3. The summed E-state index contributed by atoms with van der Waals surface area (Å²) in [6, 6.07) is 14.1. The van der Waals surface area contributed by atoms with Crippen molar-refractivity contribution in [2.45, 2.75) is 31.3 Å². The lowest BCUT2D eigenvalue weighted by Crippen LogP contribution is -2.07. The Morgan fingerprint density at radius 2 is 1.96 bits per heavy atom. The molecule has 0 bridgehead atoms. The number of rotatable bonds is 7. The third-order valence-electron chi connectivity index (χ3n) is 3.93. The first kappa shape index (κ1) is 18.0. The van der Waals surface area contributed by atoms with Crippen LogP contribution in [0.15, 0.2) is 63.7 Å². The minimum Gasteiger partial charge on any atom is -0.461 e. The largest absolute Gasteiger partial charge is 0.461 e. The maximum atomic E-state index is 5.53. The minimum absolute atomic E-state index is 0.484. The number of hydrogen-bond acceptors (Lipinski definition) is 6. The highest BCUT2D eigenvalue weighted by Crippen LogP contribution is 2.30. The van der Waals surface area contributed by atoms with Crippen LogP contribution in [0.1, 0.15) is 19.5 Å². The lowest BCUT2D eigenvalue weighted by molar-refractivity contribution is 0.489. The fourth-order valence-electron chi connectivity index (χ4n) is 2.74. The molecule has 4 rings (SSSR count). The van der Waals surface area contributed by atoms with Crippen molar-refractivity contribution in [2.24, 2.45) is 5.92 Å². The average molecular weight is 397 g/mol. The molecule has 3 aromatic heterocycles. The molecule has 0 aliphatic heterocycles. The van der Waals surface area contributed by atoms with Crippen molar-refractivity contribution in [3.63, 3.8) is 0 Å². The third-order valence-corrected chi connectivity index (χ3v) is 5.87. The van der Waals surface area contributed by atoms with Crippen LogP contribution in [-0.4, -0.2) is 19.7 Å². The average Bonchev–Trinajstić information content (AvgIpc) is 3.41. The monoisotopic (exact) mass is 396 g/mol. The molecule has 0 aliphatic rings. The molecule has 0 amide bonds. The normalized spacial score (nSPS) is 11.4. The van der Waals surface area contributed by atoms with Crippen LogP contribution in [0.2, 0.25) is 0 Å². The van der Waals surface area contributed by atoms with E-state index in [1.165, 1.54) is 0 Å². The van der Waals surface area contributed by atoms with Gasteiger partial charge in [0.1, 0.15) is 5.01 Å². The van der Waals surface area contributed by atoms with Crippen LogP contribution >= 0.6 is 23.1 Å². The van der Waals surface area contributed by atoms with Gasteiger partial charge in [0.2, 0.25) is 0 Å². The molecule has 3 heterocycles. The Labute approximate surface area is 166 Å². The molecule has 5 nitrogen and oxygen atoms in total. The fourth-order valence-corrected chi connectivity index (χ4v) is 4.51. The summed E-state index contributed by atoms with van der Waals surface area (Å²) in [4.78, 5) is 4.76. The maximum absolute atomic E-state index is 5.53. The quantitative estimate of drug-likeness (QED) is 0.380. The predicted molar refractivity (Wildman–Crippen MR) is 110 cm³/mol.